The van der Waals surface area contributed by atoms with E-state index in [9.17, 15) is 24.9 Å². The van der Waals surface area contributed by atoms with Gasteiger partial charge in [0.1, 0.15) is 17.6 Å². The third-order valence-corrected chi connectivity index (χ3v) is 6.23. The first-order valence-electron chi connectivity index (χ1n) is 9.58. The number of rotatable bonds is 1. The molecule has 5 rings (SSSR count). The molecule has 2 aliphatic carbocycles. The molecule has 0 amide bonds. The SMILES string of the molecule is CC1OCC(C2(O)CCc3cc4c(c(O)c3C2)C(=O)c2cccc(O)c2C4=O)O1. The number of ketones is 2. The monoisotopic (exact) mass is 396 g/mol. The number of aliphatic hydroxyl groups is 1. The minimum atomic E-state index is -1.23. The van der Waals surface area contributed by atoms with Crippen molar-refractivity contribution in [2.45, 2.75) is 44.2 Å². The summed E-state index contributed by atoms with van der Waals surface area (Å²) < 4.78 is 11.1. The van der Waals surface area contributed by atoms with Gasteiger partial charge in [0.2, 0.25) is 0 Å². The number of ether oxygens (including phenoxy) is 2. The number of phenolic OH excluding ortho intramolecular Hbond substituents is 2. The molecule has 0 spiro atoms. The minimum Gasteiger partial charge on any atom is -0.507 e. The summed E-state index contributed by atoms with van der Waals surface area (Å²) in [5, 5.41) is 32.2. The summed E-state index contributed by atoms with van der Waals surface area (Å²) in [6, 6.07) is 5.90. The van der Waals surface area contributed by atoms with Crippen molar-refractivity contribution in [3.8, 4) is 11.5 Å². The average Bonchev–Trinajstić information content (AvgIpc) is 3.14. The maximum absolute atomic E-state index is 13.0. The Morgan fingerprint density at radius 2 is 1.86 bits per heavy atom. The van der Waals surface area contributed by atoms with E-state index in [0.29, 0.717) is 24.0 Å². The first kappa shape index (κ1) is 18.3. The van der Waals surface area contributed by atoms with E-state index >= 15 is 0 Å². The fourth-order valence-corrected chi connectivity index (χ4v) is 4.67. The highest BCUT2D eigenvalue weighted by atomic mass is 16.7. The molecule has 1 heterocycles. The summed E-state index contributed by atoms with van der Waals surface area (Å²) >= 11 is 0. The van der Waals surface area contributed by atoms with Crippen LogP contribution in [0.3, 0.4) is 0 Å². The lowest BCUT2D eigenvalue weighted by molar-refractivity contribution is -0.116. The molecular weight excluding hydrogens is 376 g/mol. The van der Waals surface area contributed by atoms with Gasteiger partial charge < -0.3 is 24.8 Å². The van der Waals surface area contributed by atoms with Crippen LogP contribution in [0.2, 0.25) is 0 Å². The fraction of sp³-hybridized carbons (Fsp3) is 0.364. The highest BCUT2D eigenvalue weighted by molar-refractivity contribution is 6.30. The summed E-state index contributed by atoms with van der Waals surface area (Å²) in [6.07, 6.45) is -0.0581. The van der Waals surface area contributed by atoms with Crippen molar-refractivity contribution in [1.29, 1.82) is 0 Å². The smallest absolute Gasteiger partial charge is 0.198 e. The van der Waals surface area contributed by atoms with Gasteiger partial charge in [0, 0.05) is 23.1 Å². The second-order valence-electron chi connectivity index (χ2n) is 7.95. The Labute approximate surface area is 166 Å². The molecule has 29 heavy (non-hydrogen) atoms. The van der Waals surface area contributed by atoms with Crippen LogP contribution < -0.4 is 0 Å². The molecule has 2 aromatic rings. The lowest BCUT2D eigenvalue weighted by Crippen LogP contribution is -2.48. The summed E-state index contributed by atoms with van der Waals surface area (Å²) in [6.45, 7) is 2.01. The third-order valence-electron chi connectivity index (χ3n) is 6.23. The average molecular weight is 396 g/mol. The molecule has 0 saturated carbocycles. The number of phenols is 2. The molecule has 7 nitrogen and oxygen atoms in total. The summed E-state index contributed by atoms with van der Waals surface area (Å²) in [5.74, 6) is -1.55. The highest BCUT2D eigenvalue weighted by Gasteiger charge is 2.46. The van der Waals surface area contributed by atoms with Gasteiger partial charge in [0.15, 0.2) is 17.9 Å². The number of hydrogen-bond donors (Lipinski definition) is 3. The third kappa shape index (κ3) is 2.55. The Kier molecular flexibility index (Phi) is 3.87. The zero-order valence-corrected chi connectivity index (χ0v) is 15.8. The van der Waals surface area contributed by atoms with Crippen molar-refractivity contribution in [3.63, 3.8) is 0 Å². The summed E-state index contributed by atoms with van der Waals surface area (Å²) in [5.41, 5.74) is -0.0510. The molecule has 3 N–H and O–H groups in total. The fourth-order valence-electron chi connectivity index (χ4n) is 4.67. The van der Waals surface area contributed by atoms with Crippen molar-refractivity contribution in [1.82, 2.24) is 0 Å². The van der Waals surface area contributed by atoms with E-state index < -0.39 is 29.6 Å². The number of carbonyl (C=O) groups is 2. The van der Waals surface area contributed by atoms with E-state index in [2.05, 4.69) is 0 Å². The summed E-state index contributed by atoms with van der Waals surface area (Å²) in [4.78, 5) is 26.0. The van der Waals surface area contributed by atoms with Crippen LogP contribution in [-0.4, -0.2) is 51.5 Å². The van der Waals surface area contributed by atoms with Crippen molar-refractivity contribution in [3.05, 3.63) is 57.6 Å². The van der Waals surface area contributed by atoms with Gasteiger partial charge in [-0.1, -0.05) is 12.1 Å². The first-order chi connectivity index (χ1) is 13.8. The van der Waals surface area contributed by atoms with E-state index in [-0.39, 0.29) is 46.8 Å². The van der Waals surface area contributed by atoms with E-state index in [1.165, 1.54) is 18.2 Å². The van der Waals surface area contributed by atoms with Crippen LogP contribution in [0.15, 0.2) is 24.3 Å². The molecule has 0 radical (unpaired) electrons. The Balaban J connectivity index is 1.62. The highest BCUT2D eigenvalue weighted by Crippen LogP contribution is 2.44. The Bertz CT molecular complexity index is 1070. The van der Waals surface area contributed by atoms with Crippen LogP contribution in [0.25, 0.3) is 0 Å². The second-order valence-corrected chi connectivity index (χ2v) is 7.95. The maximum atomic E-state index is 13.0. The van der Waals surface area contributed by atoms with Gasteiger partial charge in [0.25, 0.3) is 0 Å². The molecule has 1 saturated heterocycles. The Morgan fingerprint density at radius 3 is 2.59 bits per heavy atom. The molecule has 1 aliphatic heterocycles. The number of carbonyl (C=O) groups excluding carboxylic acids is 2. The Morgan fingerprint density at radius 1 is 1.10 bits per heavy atom. The summed E-state index contributed by atoms with van der Waals surface area (Å²) in [7, 11) is 0. The van der Waals surface area contributed by atoms with Crippen molar-refractivity contribution in [2.24, 2.45) is 0 Å². The Hall–Kier alpha value is -2.74. The normalized spacial score (nSPS) is 28.1. The van der Waals surface area contributed by atoms with Crippen LogP contribution in [0, 0.1) is 0 Å². The van der Waals surface area contributed by atoms with Crippen molar-refractivity contribution < 1.29 is 34.4 Å². The molecule has 3 aliphatic rings. The zero-order chi connectivity index (χ0) is 20.5. The second kappa shape index (κ2) is 6.13. The first-order valence-corrected chi connectivity index (χ1v) is 9.58. The number of hydrogen-bond acceptors (Lipinski definition) is 7. The molecule has 0 aromatic heterocycles. The number of fused-ring (bicyclic) bond motifs is 3. The molecule has 2 aromatic carbocycles. The van der Waals surface area contributed by atoms with Gasteiger partial charge in [0.05, 0.1) is 23.3 Å². The molecule has 0 bridgehead atoms. The van der Waals surface area contributed by atoms with Gasteiger partial charge in [-0.15, -0.1) is 0 Å². The maximum Gasteiger partial charge on any atom is 0.198 e. The lowest BCUT2D eigenvalue weighted by Gasteiger charge is -2.38. The van der Waals surface area contributed by atoms with E-state index in [0.717, 1.165) is 0 Å². The predicted octanol–water partition coefficient (Wildman–Crippen LogP) is 1.85. The standard InChI is InChI=1S/C22H20O7/c1-10-28-9-16(29-10)22(27)6-5-11-7-13-18(21(26)14(11)8-22)19(24)12-3-2-4-15(23)17(12)20(13)25/h2-4,7,10,16,23,26-27H,5-6,8-9H2,1H3. The van der Waals surface area contributed by atoms with Crippen molar-refractivity contribution in [2.75, 3.05) is 6.61 Å². The predicted molar refractivity (Wildman–Crippen MR) is 100 cm³/mol. The van der Waals surface area contributed by atoms with Gasteiger partial charge in [-0.3, -0.25) is 9.59 Å². The van der Waals surface area contributed by atoms with Crippen LogP contribution in [0.1, 0.15) is 56.3 Å². The molecular formula is C22H20O7. The van der Waals surface area contributed by atoms with E-state index in [1.807, 2.05) is 0 Å². The lowest BCUT2D eigenvalue weighted by atomic mass is 9.73. The van der Waals surface area contributed by atoms with Crippen molar-refractivity contribution >= 4 is 11.6 Å². The quantitative estimate of drug-likeness (QED) is 0.575. The van der Waals surface area contributed by atoms with Crippen LogP contribution >= 0.6 is 0 Å². The van der Waals surface area contributed by atoms with Gasteiger partial charge in [-0.2, -0.15) is 0 Å². The topological polar surface area (TPSA) is 113 Å². The zero-order valence-electron chi connectivity index (χ0n) is 15.8. The van der Waals surface area contributed by atoms with E-state index in [4.69, 9.17) is 9.47 Å². The minimum absolute atomic E-state index is 0.0397. The van der Waals surface area contributed by atoms with Gasteiger partial charge in [-0.05, 0) is 37.5 Å². The van der Waals surface area contributed by atoms with Crippen LogP contribution in [0.5, 0.6) is 11.5 Å². The molecule has 1 fully saturated rings. The molecule has 150 valence electrons. The number of aryl methyl sites for hydroxylation is 1. The van der Waals surface area contributed by atoms with Gasteiger partial charge in [-0.25, -0.2) is 0 Å². The van der Waals surface area contributed by atoms with E-state index in [1.54, 1.807) is 13.0 Å². The van der Waals surface area contributed by atoms with Gasteiger partial charge >= 0.3 is 0 Å². The number of benzene rings is 2. The van der Waals surface area contributed by atoms with Crippen LogP contribution in [-0.2, 0) is 22.3 Å². The largest absolute Gasteiger partial charge is 0.507 e. The molecule has 7 heteroatoms. The molecule has 3 atom stereocenters. The molecule has 3 unspecified atom stereocenters. The van der Waals surface area contributed by atoms with Crippen LogP contribution in [0.4, 0.5) is 0 Å². The number of aromatic hydroxyl groups is 2.